The molecule has 2 aromatic rings. The summed E-state index contributed by atoms with van der Waals surface area (Å²) in [5, 5.41) is 5.53. The zero-order chi connectivity index (χ0) is 32.4. The third kappa shape index (κ3) is 6.23. The van der Waals surface area contributed by atoms with Crippen molar-refractivity contribution in [3.05, 3.63) is 99.8 Å². The maximum absolute atomic E-state index is 13.4. The van der Waals surface area contributed by atoms with Gasteiger partial charge < -0.3 is 16.0 Å². The van der Waals surface area contributed by atoms with Gasteiger partial charge >= 0.3 is 0 Å². The number of allylic oxidation sites excluding steroid dienone is 3. The molecule has 11 heteroatoms. The van der Waals surface area contributed by atoms with Crippen LogP contribution in [0.15, 0.2) is 77.5 Å². The minimum Gasteiger partial charge on any atom is -0.380 e. The molecule has 2 saturated heterocycles. The molecule has 238 valence electrons. The third-order valence-electron chi connectivity index (χ3n) is 9.18. The molecular formula is C35H38N6O5. The molecule has 1 unspecified atom stereocenters. The van der Waals surface area contributed by atoms with Gasteiger partial charge in [-0.15, -0.1) is 0 Å². The van der Waals surface area contributed by atoms with Crippen molar-refractivity contribution in [3.63, 3.8) is 0 Å². The topological polar surface area (TPSA) is 145 Å². The van der Waals surface area contributed by atoms with Crippen molar-refractivity contribution in [2.24, 2.45) is 5.73 Å². The van der Waals surface area contributed by atoms with E-state index >= 15 is 0 Å². The number of nitrogens with zero attached hydrogens (tertiary/aromatic N) is 3. The van der Waals surface area contributed by atoms with Crippen LogP contribution in [0.1, 0.15) is 64.4 Å². The Labute approximate surface area is 267 Å². The van der Waals surface area contributed by atoms with Crippen molar-refractivity contribution >= 4 is 35.2 Å². The van der Waals surface area contributed by atoms with Crippen LogP contribution >= 0.6 is 0 Å². The largest absolute Gasteiger partial charge is 0.380 e. The van der Waals surface area contributed by atoms with Crippen LogP contribution in [0.25, 0.3) is 0 Å². The number of hydrogen-bond acceptors (Lipinski definition) is 8. The summed E-state index contributed by atoms with van der Waals surface area (Å²) < 4.78 is 0. The summed E-state index contributed by atoms with van der Waals surface area (Å²) in [5.74, 6) is -2.45. The van der Waals surface area contributed by atoms with E-state index in [1.165, 1.54) is 11.3 Å². The van der Waals surface area contributed by atoms with Crippen molar-refractivity contribution in [1.82, 2.24) is 20.0 Å². The van der Waals surface area contributed by atoms with Gasteiger partial charge in [-0.1, -0.05) is 48.9 Å². The quantitative estimate of drug-likeness (QED) is 0.362. The van der Waals surface area contributed by atoms with Gasteiger partial charge in [-0.25, -0.2) is 0 Å². The van der Waals surface area contributed by atoms with Crippen molar-refractivity contribution < 1.29 is 24.0 Å². The molecule has 5 amide bonds. The first-order valence-corrected chi connectivity index (χ1v) is 15.8. The molecule has 3 heterocycles. The van der Waals surface area contributed by atoms with Gasteiger partial charge in [0.1, 0.15) is 6.04 Å². The summed E-state index contributed by atoms with van der Waals surface area (Å²) in [5.41, 5.74) is 11.8. The Morgan fingerprint density at radius 2 is 1.72 bits per heavy atom. The van der Waals surface area contributed by atoms with Gasteiger partial charge in [0, 0.05) is 69.1 Å². The summed E-state index contributed by atoms with van der Waals surface area (Å²) in [6.45, 7) is 7.03. The maximum Gasteiger partial charge on any atom is 0.264 e. The Morgan fingerprint density at radius 3 is 2.41 bits per heavy atom. The van der Waals surface area contributed by atoms with E-state index in [0.717, 1.165) is 61.6 Å². The molecule has 6 rings (SSSR count). The smallest absolute Gasteiger partial charge is 0.264 e. The molecule has 46 heavy (non-hydrogen) atoms. The molecule has 0 radical (unpaired) electrons. The number of fused-ring (bicyclic) bond motifs is 1. The number of nitrogens with one attached hydrogen (secondary N) is 2. The Balaban J connectivity index is 1.03. The monoisotopic (exact) mass is 622 g/mol. The van der Waals surface area contributed by atoms with Crippen molar-refractivity contribution in [1.29, 1.82) is 0 Å². The molecule has 1 aliphatic carbocycles. The Hall–Kier alpha value is -5.03. The highest BCUT2D eigenvalue weighted by molar-refractivity contribution is 6.25. The van der Waals surface area contributed by atoms with Crippen molar-refractivity contribution in [2.45, 2.75) is 51.7 Å². The molecule has 4 N–H and O–H groups in total. The first-order valence-electron chi connectivity index (χ1n) is 15.8. The average molecular weight is 623 g/mol. The first kappa shape index (κ1) is 31.0. The zero-order valence-electron chi connectivity index (χ0n) is 25.9. The Bertz CT molecular complexity index is 1680. The Morgan fingerprint density at radius 1 is 0.978 bits per heavy atom. The van der Waals surface area contributed by atoms with E-state index in [1.54, 1.807) is 18.2 Å². The van der Waals surface area contributed by atoms with Gasteiger partial charge in [-0.2, -0.15) is 0 Å². The van der Waals surface area contributed by atoms with Gasteiger partial charge in [0.25, 0.3) is 11.8 Å². The summed E-state index contributed by atoms with van der Waals surface area (Å²) in [7, 11) is 0. The first-order chi connectivity index (χ1) is 22.2. The number of imide groups is 2. The third-order valence-corrected chi connectivity index (χ3v) is 9.18. The maximum atomic E-state index is 13.4. The molecule has 0 bridgehead atoms. The van der Waals surface area contributed by atoms with Crippen LogP contribution in [-0.4, -0.2) is 76.5 Å². The number of amides is 5. The second kappa shape index (κ2) is 13.1. The highest BCUT2D eigenvalue weighted by atomic mass is 16.2. The lowest BCUT2D eigenvalue weighted by molar-refractivity contribution is -0.136. The van der Waals surface area contributed by atoms with Crippen LogP contribution in [0.2, 0.25) is 0 Å². The fourth-order valence-electron chi connectivity index (χ4n) is 6.61. The second-order valence-corrected chi connectivity index (χ2v) is 12.0. The second-order valence-electron chi connectivity index (χ2n) is 12.0. The predicted molar refractivity (Wildman–Crippen MR) is 172 cm³/mol. The molecule has 4 aliphatic rings. The SMILES string of the molecule is CCC1=C(C(N)=O)C=CC=C(N2CCN(Cc3ccc(CNc4cccc5c4C(=O)N(C4CCC(=O)NC4=O)C5=O)cc3)CC2)C1. The van der Waals surface area contributed by atoms with Gasteiger partial charge in [0.05, 0.1) is 11.1 Å². The predicted octanol–water partition coefficient (Wildman–Crippen LogP) is 2.85. The molecule has 0 aromatic heterocycles. The van der Waals surface area contributed by atoms with Gasteiger partial charge in [0.2, 0.25) is 17.7 Å². The fourth-order valence-corrected chi connectivity index (χ4v) is 6.61. The zero-order valence-corrected chi connectivity index (χ0v) is 25.9. The normalized spacial score (nSPS) is 20.5. The number of rotatable bonds is 9. The number of benzene rings is 2. The van der Waals surface area contributed by atoms with E-state index in [0.29, 0.717) is 17.8 Å². The van der Waals surface area contributed by atoms with Crippen LogP contribution in [0.3, 0.4) is 0 Å². The van der Waals surface area contributed by atoms with E-state index in [2.05, 4.69) is 57.7 Å². The Kier molecular flexibility index (Phi) is 8.85. The molecule has 11 nitrogen and oxygen atoms in total. The van der Waals surface area contributed by atoms with Crippen LogP contribution < -0.4 is 16.4 Å². The number of piperidine rings is 1. The lowest BCUT2D eigenvalue weighted by Crippen LogP contribution is -2.54. The molecule has 0 saturated carbocycles. The van der Waals surface area contributed by atoms with Crippen LogP contribution in [0.4, 0.5) is 5.69 Å². The van der Waals surface area contributed by atoms with Gasteiger partial charge in [-0.05, 0) is 48.3 Å². The highest BCUT2D eigenvalue weighted by Crippen LogP contribution is 2.33. The van der Waals surface area contributed by atoms with E-state index in [-0.39, 0.29) is 29.9 Å². The summed E-state index contributed by atoms with van der Waals surface area (Å²) in [4.78, 5) is 68.1. The number of primary amides is 1. The van der Waals surface area contributed by atoms with Gasteiger partial charge in [-0.3, -0.25) is 39.1 Å². The van der Waals surface area contributed by atoms with Crippen LogP contribution in [0.5, 0.6) is 0 Å². The number of hydrogen-bond donors (Lipinski definition) is 3. The number of piperazine rings is 1. The molecule has 0 spiro atoms. The molecule has 2 aromatic carbocycles. The van der Waals surface area contributed by atoms with E-state index in [9.17, 15) is 24.0 Å². The summed E-state index contributed by atoms with van der Waals surface area (Å²) in [6.07, 6.45) is 7.58. The van der Waals surface area contributed by atoms with E-state index in [1.807, 2.05) is 12.2 Å². The molecule has 2 fully saturated rings. The van der Waals surface area contributed by atoms with Crippen LogP contribution in [0, 0.1) is 0 Å². The standard InChI is InChI=1S/C35H38N6O5/c1-2-24-19-25(5-3-6-26(24)32(36)43)40-17-15-39(16-18-40)21-23-11-9-22(10-12-23)20-37-28-8-4-7-27-31(28)35(46)41(34(27)45)29-13-14-30(42)38-33(29)44/h3-12,29,37H,2,13-21H2,1H3,(H2,36,43)(H,38,42,44). The number of carbonyl (C=O) groups is 5. The van der Waals surface area contributed by atoms with E-state index < -0.39 is 29.7 Å². The van der Waals surface area contributed by atoms with Crippen LogP contribution in [-0.2, 0) is 27.5 Å². The van der Waals surface area contributed by atoms with Crippen molar-refractivity contribution in [3.8, 4) is 0 Å². The van der Waals surface area contributed by atoms with Gasteiger partial charge in [0.15, 0.2) is 0 Å². The summed E-state index contributed by atoms with van der Waals surface area (Å²) >= 11 is 0. The number of anilines is 1. The minimum absolute atomic E-state index is 0.0786. The number of carbonyl (C=O) groups excluding carboxylic acids is 5. The number of nitrogens with two attached hydrogens (primary N) is 1. The summed E-state index contributed by atoms with van der Waals surface area (Å²) in [6, 6.07) is 12.4. The van der Waals surface area contributed by atoms with Crippen molar-refractivity contribution in [2.75, 3.05) is 31.5 Å². The lowest BCUT2D eigenvalue weighted by atomic mass is 10.0. The lowest BCUT2D eigenvalue weighted by Gasteiger charge is -2.37. The molecule has 1 atom stereocenters. The average Bonchev–Trinajstić information content (AvgIpc) is 3.18. The van der Waals surface area contributed by atoms with E-state index in [4.69, 9.17) is 5.73 Å². The minimum atomic E-state index is -0.998. The molecular weight excluding hydrogens is 584 g/mol. The molecule has 3 aliphatic heterocycles. The highest BCUT2D eigenvalue weighted by Gasteiger charge is 2.45. The fraction of sp³-hybridized carbons (Fsp3) is 0.343.